The molecule has 5 nitrogen and oxygen atoms in total. The Morgan fingerprint density at radius 2 is 1.86 bits per heavy atom. The second kappa shape index (κ2) is 5.75. The van der Waals surface area contributed by atoms with Crippen molar-refractivity contribution >= 4 is 5.78 Å². The molecule has 0 N–H and O–H groups in total. The second-order valence-electron chi connectivity index (χ2n) is 4.43. The van der Waals surface area contributed by atoms with Gasteiger partial charge in [0.2, 0.25) is 6.79 Å². The van der Waals surface area contributed by atoms with Crippen LogP contribution >= 0.6 is 0 Å². The van der Waals surface area contributed by atoms with Crippen LogP contribution in [0.4, 0.5) is 0 Å². The lowest BCUT2D eigenvalue weighted by Gasteiger charge is -2.09. The van der Waals surface area contributed by atoms with Crippen LogP contribution in [0, 0.1) is 0 Å². The molecule has 0 radical (unpaired) electrons. The van der Waals surface area contributed by atoms with Crippen LogP contribution in [-0.2, 0) is 0 Å². The van der Waals surface area contributed by atoms with Crippen LogP contribution in [0.3, 0.4) is 0 Å². The van der Waals surface area contributed by atoms with Gasteiger partial charge >= 0.3 is 0 Å². The number of methoxy groups -OCH3 is 1. The van der Waals surface area contributed by atoms with Crippen LogP contribution in [0.1, 0.15) is 10.4 Å². The minimum absolute atomic E-state index is 0.0694. The fourth-order valence-corrected chi connectivity index (χ4v) is 2.03. The normalized spacial score (nSPS) is 12.0. The highest BCUT2D eigenvalue weighted by Crippen LogP contribution is 2.32. The Labute approximate surface area is 122 Å². The van der Waals surface area contributed by atoms with E-state index in [4.69, 9.17) is 18.9 Å². The molecule has 0 bridgehead atoms. The minimum atomic E-state index is -0.140. The summed E-state index contributed by atoms with van der Waals surface area (Å²) in [7, 11) is 1.56. The number of ketones is 1. The number of hydrogen-bond donors (Lipinski definition) is 0. The maximum atomic E-state index is 12.2. The van der Waals surface area contributed by atoms with E-state index in [1.54, 1.807) is 37.4 Å². The van der Waals surface area contributed by atoms with Crippen molar-refractivity contribution in [2.75, 3.05) is 20.5 Å². The molecule has 2 aromatic carbocycles. The summed E-state index contributed by atoms with van der Waals surface area (Å²) in [6.45, 7) is 0.116. The van der Waals surface area contributed by atoms with Gasteiger partial charge in [-0.05, 0) is 30.3 Å². The van der Waals surface area contributed by atoms with Crippen molar-refractivity contribution in [3.63, 3.8) is 0 Å². The Morgan fingerprint density at radius 3 is 2.67 bits per heavy atom. The molecule has 0 atom stereocenters. The first-order valence-corrected chi connectivity index (χ1v) is 6.46. The molecule has 0 amide bonds. The number of carbonyl (C=O) groups is 1. The van der Waals surface area contributed by atoms with Gasteiger partial charge in [-0.15, -0.1) is 0 Å². The third-order valence-electron chi connectivity index (χ3n) is 3.12. The van der Waals surface area contributed by atoms with E-state index < -0.39 is 0 Å². The van der Waals surface area contributed by atoms with Crippen LogP contribution in [0.25, 0.3) is 0 Å². The molecule has 0 spiro atoms. The van der Waals surface area contributed by atoms with E-state index in [1.807, 2.05) is 12.1 Å². The Kier molecular flexibility index (Phi) is 3.64. The number of fused-ring (bicyclic) bond motifs is 1. The molecule has 0 aromatic heterocycles. The molecule has 0 unspecified atom stereocenters. The van der Waals surface area contributed by atoms with Crippen molar-refractivity contribution in [1.82, 2.24) is 0 Å². The van der Waals surface area contributed by atoms with Gasteiger partial charge in [0.1, 0.15) is 0 Å². The molecule has 108 valence electrons. The Morgan fingerprint density at radius 1 is 1.10 bits per heavy atom. The highest BCUT2D eigenvalue weighted by molar-refractivity contribution is 5.97. The Hall–Kier alpha value is -2.69. The third kappa shape index (κ3) is 2.76. The number of hydrogen-bond acceptors (Lipinski definition) is 5. The summed E-state index contributed by atoms with van der Waals surface area (Å²) in [5, 5.41) is 0. The predicted molar refractivity (Wildman–Crippen MR) is 75.4 cm³/mol. The molecule has 0 saturated heterocycles. The first-order valence-electron chi connectivity index (χ1n) is 6.46. The number of ether oxygens (including phenoxy) is 4. The third-order valence-corrected chi connectivity index (χ3v) is 3.12. The van der Waals surface area contributed by atoms with Gasteiger partial charge in [-0.2, -0.15) is 0 Å². The fraction of sp³-hybridized carbons (Fsp3) is 0.188. The maximum absolute atomic E-state index is 12.2. The Balaban J connectivity index is 1.69. The molecule has 1 aliphatic heterocycles. The fourth-order valence-electron chi connectivity index (χ4n) is 2.03. The van der Waals surface area contributed by atoms with Gasteiger partial charge in [0.15, 0.2) is 35.4 Å². The Bertz CT molecular complexity index is 665. The molecule has 2 aromatic rings. The smallest absolute Gasteiger partial charge is 0.231 e. The van der Waals surface area contributed by atoms with E-state index in [0.717, 1.165) is 0 Å². The van der Waals surface area contributed by atoms with Crippen LogP contribution in [0.15, 0.2) is 42.5 Å². The molecule has 0 saturated carbocycles. The van der Waals surface area contributed by atoms with Crippen LogP contribution in [0.5, 0.6) is 23.0 Å². The van der Waals surface area contributed by atoms with Gasteiger partial charge < -0.3 is 18.9 Å². The first kappa shape index (κ1) is 13.3. The summed E-state index contributed by atoms with van der Waals surface area (Å²) in [6.07, 6.45) is 0. The van der Waals surface area contributed by atoms with E-state index in [-0.39, 0.29) is 19.2 Å². The molecular weight excluding hydrogens is 272 g/mol. The van der Waals surface area contributed by atoms with E-state index in [1.165, 1.54) is 0 Å². The SMILES string of the molecule is COc1ccccc1OCC(=O)c1ccc2c(c1)OCO2. The summed E-state index contributed by atoms with van der Waals surface area (Å²) in [4.78, 5) is 12.2. The molecule has 1 heterocycles. The zero-order valence-corrected chi connectivity index (χ0v) is 11.5. The second-order valence-corrected chi connectivity index (χ2v) is 4.43. The minimum Gasteiger partial charge on any atom is -0.493 e. The predicted octanol–water partition coefficient (Wildman–Crippen LogP) is 2.69. The average Bonchev–Trinajstić information content (AvgIpc) is 3.00. The van der Waals surface area contributed by atoms with Crippen molar-refractivity contribution in [3.05, 3.63) is 48.0 Å². The van der Waals surface area contributed by atoms with E-state index in [0.29, 0.717) is 28.6 Å². The highest BCUT2D eigenvalue weighted by Gasteiger charge is 2.16. The molecule has 21 heavy (non-hydrogen) atoms. The summed E-state index contributed by atoms with van der Waals surface area (Å²) in [6, 6.07) is 12.3. The summed E-state index contributed by atoms with van der Waals surface area (Å²) in [5.74, 6) is 2.22. The zero-order valence-electron chi connectivity index (χ0n) is 11.5. The van der Waals surface area contributed by atoms with Crippen molar-refractivity contribution < 1.29 is 23.7 Å². The largest absolute Gasteiger partial charge is 0.493 e. The van der Waals surface area contributed by atoms with Crippen molar-refractivity contribution in [2.45, 2.75) is 0 Å². The van der Waals surface area contributed by atoms with Crippen molar-refractivity contribution in [2.24, 2.45) is 0 Å². The molecule has 5 heteroatoms. The molecule has 1 aliphatic rings. The summed E-state index contributed by atoms with van der Waals surface area (Å²) < 4.78 is 21.2. The number of para-hydroxylation sites is 2. The lowest BCUT2D eigenvalue weighted by molar-refractivity contribution is 0.0919. The lowest BCUT2D eigenvalue weighted by atomic mass is 10.1. The highest BCUT2D eigenvalue weighted by atomic mass is 16.7. The van der Waals surface area contributed by atoms with Gasteiger partial charge in [-0.1, -0.05) is 12.1 Å². The van der Waals surface area contributed by atoms with E-state index in [9.17, 15) is 4.79 Å². The number of carbonyl (C=O) groups excluding carboxylic acids is 1. The van der Waals surface area contributed by atoms with Crippen molar-refractivity contribution in [1.29, 1.82) is 0 Å². The molecular formula is C16H14O5. The number of rotatable bonds is 5. The lowest BCUT2D eigenvalue weighted by Crippen LogP contribution is -2.12. The number of benzene rings is 2. The summed E-state index contributed by atoms with van der Waals surface area (Å²) in [5.41, 5.74) is 0.522. The average molecular weight is 286 g/mol. The zero-order chi connectivity index (χ0) is 14.7. The molecule has 0 fully saturated rings. The standard InChI is InChI=1S/C16H14O5/c1-18-13-4-2-3-5-14(13)19-9-12(17)11-6-7-15-16(8-11)21-10-20-15/h2-8H,9-10H2,1H3. The van der Waals surface area contributed by atoms with Crippen molar-refractivity contribution in [3.8, 4) is 23.0 Å². The van der Waals surface area contributed by atoms with Crippen LogP contribution < -0.4 is 18.9 Å². The summed E-state index contributed by atoms with van der Waals surface area (Å²) >= 11 is 0. The molecule has 0 aliphatic carbocycles. The quantitative estimate of drug-likeness (QED) is 0.791. The van der Waals surface area contributed by atoms with Gasteiger partial charge in [0.05, 0.1) is 7.11 Å². The van der Waals surface area contributed by atoms with Gasteiger partial charge in [0.25, 0.3) is 0 Å². The van der Waals surface area contributed by atoms with Gasteiger partial charge in [-0.3, -0.25) is 4.79 Å². The van der Waals surface area contributed by atoms with Gasteiger partial charge in [0, 0.05) is 5.56 Å². The van der Waals surface area contributed by atoms with E-state index in [2.05, 4.69) is 0 Å². The molecule has 3 rings (SSSR count). The van der Waals surface area contributed by atoms with Crippen LogP contribution in [0.2, 0.25) is 0 Å². The maximum Gasteiger partial charge on any atom is 0.231 e. The number of Topliss-reactive ketones (excluding diaryl/α,β-unsaturated/α-hetero) is 1. The monoisotopic (exact) mass is 286 g/mol. The van der Waals surface area contributed by atoms with Gasteiger partial charge in [-0.25, -0.2) is 0 Å². The van der Waals surface area contributed by atoms with Crippen LogP contribution in [-0.4, -0.2) is 26.3 Å². The first-order chi connectivity index (χ1) is 10.3. The van der Waals surface area contributed by atoms with E-state index >= 15 is 0 Å². The topological polar surface area (TPSA) is 54.0 Å².